The largest absolute Gasteiger partial charge is 0.481 e. The minimum absolute atomic E-state index is 0.0748. The zero-order valence-electron chi connectivity index (χ0n) is 10.5. The maximum Gasteiger partial charge on any atom is 0.313 e. The molecule has 4 nitrogen and oxygen atoms in total. The standard InChI is InChI=1S/C12H20N2O2S/c1-3-4-5-6-7-14-10(2)8-13-12(14)17-9-11(15)16/h8H,3-7,9H2,1-2H3,(H,15,16). The maximum absolute atomic E-state index is 10.5. The SMILES string of the molecule is CCCCCCn1c(C)cnc1SCC(=O)O. The van der Waals surface area contributed by atoms with E-state index in [9.17, 15) is 4.79 Å². The van der Waals surface area contributed by atoms with Crippen LogP contribution in [0.25, 0.3) is 0 Å². The lowest BCUT2D eigenvalue weighted by Gasteiger charge is -2.08. The number of hydrogen-bond donors (Lipinski definition) is 1. The Morgan fingerprint density at radius 3 is 2.88 bits per heavy atom. The number of aromatic nitrogens is 2. The van der Waals surface area contributed by atoms with Crippen LogP contribution in [0.1, 0.15) is 38.3 Å². The van der Waals surface area contributed by atoms with Crippen LogP contribution in [0.3, 0.4) is 0 Å². The highest BCUT2D eigenvalue weighted by Crippen LogP contribution is 2.19. The van der Waals surface area contributed by atoms with Crippen LogP contribution in [0.2, 0.25) is 0 Å². The van der Waals surface area contributed by atoms with Gasteiger partial charge in [-0.3, -0.25) is 4.79 Å². The Morgan fingerprint density at radius 1 is 1.47 bits per heavy atom. The highest BCUT2D eigenvalue weighted by Gasteiger charge is 2.09. The number of thioether (sulfide) groups is 1. The number of imidazole rings is 1. The average Bonchev–Trinajstić information content (AvgIpc) is 2.63. The Kier molecular flexibility index (Phi) is 6.11. The van der Waals surface area contributed by atoms with Crippen molar-refractivity contribution >= 4 is 17.7 Å². The second-order valence-electron chi connectivity index (χ2n) is 4.08. The van der Waals surface area contributed by atoms with E-state index in [0.29, 0.717) is 0 Å². The summed E-state index contributed by atoms with van der Waals surface area (Å²) in [6.07, 6.45) is 6.64. The summed E-state index contributed by atoms with van der Waals surface area (Å²) < 4.78 is 2.11. The van der Waals surface area contributed by atoms with Gasteiger partial charge in [-0.2, -0.15) is 0 Å². The Balaban J connectivity index is 2.50. The van der Waals surface area contributed by atoms with Crippen molar-refractivity contribution in [2.75, 3.05) is 5.75 Å². The molecule has 0 bridgehead atoms. The van der Waals surface area contributed by atoms with E-state index in [2.05, 4.69) is 16.5 Å². The molecule has 0 aliphatic heterocycles. The molecule has 0 saturated heterocycles. The van der Waals surface area contributed by atoms with E-state index in [1.807, 2.05) is 13.1 Å². The summed E-state index contributed by atoms with van der Waals surface area (Å²) in [7, 11) is 0. The van der Waals surface area contributed by atoms with Crippen LogP contribution < -0.4 is 0 Å². The molecular formula is C12H20N2O2S. The highest BCUT2D eigenvalue weighted by molar-refractivity contribution is 7.99. The molecular weight excluding hydrogens is 236 g/mol. The van der Waals surface area contributed by atoms with Crippen LogP contribution >= 0.6 is 11.8 Å². The van der Waals surface area contributed by atoms with Crippen LogP contribution in [0.15, 0.2) is 11.4 Å². The lowest BCUT2D eigenvalue weighted by Crippen LogP contribution is -2.05. The predicted octanol–water partition coefficient (Wildman–Crippen LogP) is 2.95. The minimum Gasteiger partial charge on any atom is -0.481 e. The van der Waals surface area contributed by atoms with Crippen molar-refractivity contribution in [2.24, 2.45) is 0 Å². The van der Waals surface area contributed by atoms with Crippen LogP contribution in [-0.2, 0) is 11.3 Å². The summed E-state index contributed by atoms with van der Waals surface area (Å²) in [6, 6.07) is 0. The Bertz CT molecular complexity index is 363. The van der Waals surface area contributed by atoms with Gasteiger partial charge < -0.3 is 9.67 Å². The summed E-state index contributed by atoms with van der Waals surface area (Å²) in [4.78, 5) is 14.8. The smallest absolute Gasteiger partial charge is 0.313 e. The van der Waals surface area contributed by atoms with Gasteiger partial charge in [-0.1, -0.05) is 37.9 Å². The van der Waals surface area contributed by atoms with E-state index >= 15 is 0 Å². The van der Waals surface area contributed by atoms with E-state index in [0.717, 1.165) is 23.8 Å². The molecule has 0 unspecified atom stereocenters. The molecule has 0 aliphatic rings. The van der Waals surface area contributed by atoms with Crippen molar-refractivity contribution in [1.82, 2.24) is 9.55 Å². The van der Waals surface area contributed by atoms with Gasteiger partial charge in [-0.05, 0) is 13.3 Å². The van der Waals surface area contributed by atoms with Crippen LogP contribution in [0, 0.1) is 6.92 Å². The van der Waals surface area contributed by atoms with Gasteiger partial charge in [0.2, 0.25) is 0 Å². The van der Waals surface area contributed by atoms with Gasteiger partial charge >= 0.3 is 5.97 Å². The first-order valence-corrected chi connectivity index (χ1v) is 7.00. The fourth-order valence-corrected chi connectivity index (χ4v) is 2.42. The zero-order chi connectivity index (χ0) is 12.7. The number of aliphatic carboxylic acids is 1. The molecule has 0 fully saturated rings. The van der Waals surface area contributed by atoms with Crippen molar-refractivity contribution in [3.8, 4) is 0 Å². The molecule has 1 heterocycles. The van der Waals surface area contributed by atoms with Gasteiger partial charge in [0.25, 0.3) is 0 Å². The number of nitrogens with zero attached hydrogens (tertiary/aromatic N) is 2. The number of aryl methyl sites for hydroxylation is 1. The molecule has 0 aromatic carbocycles. The van der Waals surface area contributed by atoms with Gasteiger partial charge in [0.15, 0.2) is 5.16 Å². The number of hydrogen-bond acceptors (Lipinski definition) is 3. The second-order valence-corrected chi connectivity index (χ2v) is 5.02. The number of carbonyl (C=O) groups is 1. The van der Waals surface area contributed by atoms with Crippen molar-refractivity contribution < 1.29 is 9.90 Å². The van der Waals surface area contributed by atoms with E-state index in [1.54, 1.807) is 0 Å². The third-order valence-corrected chi connectivity index (χ3v) is 3.55. The Hall–Kier alpha value is -0.970. The Morgan fingerprint density at radius 2 is 2.24 bits per heavy atom. The molecule has 0 spiro atoms. The average molecular weight is 256 g/mol. The molecule has 0 aliphatic carbocycles. The number of unbranched alkanes of at least 4 members (excludes halogenated alkanes) is 3. The van der Waals surface area contributed by atoms with Crippen molar-refractivity contribution in [1.29, 1.82) is 0 Å². The van der Waals surface area contributed by atoms with E-state index < -0.39 is 5.97 Å². The molecule has 0 saturated carbocycles. The number of carboxylic acids is 1. The molecule has 1 aromatic heterocycles. The zero-order valence-corrected chi connectivity index (χ0v) is 11.3. The van der Waals surface area contributed by atoms with Gasteiger partial charge in [0.05, 0.1) is 5.75 Å². The molecule has 1 aromatic rings. The second kappa shape index (κ2) is 7.37. The quantitative estimate of drug-likeness (QED) is 0.574. The number of rotatable bonds is 8. The molecule has 17 heavy (non-hydrogen) atoms. The van der Waals surface area contributed by atoms with Crippen LogP contribution in [0.4, 0.5) is 0 Å². The molecule has 0 radical (unpaired) electrons. The summed E-state index contributed by atoms with van der Waals surface area (Å²) >= 11 is 1.29. The molecule has 0 amide bonds. The summed E-state index contributed by atoms with van der Waals surface area (Å²) in [6.45, 7) is 5.14. The summed E-state index contributed by atoms with van der Waals surface area (Å²) in [5.74, 6) is -0.723. The van der Waals surface area contributed by atoms with E-state index in [4.69, 9.17) is 5.11 Å². The third-order valence-electron chi connectivity index (χ3n) is 2.58. The fourth-order valence-electron chi connectivity index (χ4n) is 1.65. The van der Waals surface area contributed by atoms with Crippen molar-refractivity contribution in [3.63, 3.8) is 0 Å². The van der Waals surface area contributed by atoms with Gasteiger partial charge in [-0.25, -0.2) is 4.98 Å². The van der Waals surface area contributed by atoms with Crippen molar-refractivity contribution in [2.45, 2.75) is 51.2 Å². The summed E-state index contributed by atoms with van der Waals surface area (Å²) in [5, 5.41) is 9.48. The molecule has 1 N–H and O–H groups in total. The first-order valence-electron chi connectivity index (χ1n) is 6.02. The molecule has 5 heteroatoms. The minimum atomic E-state index is -0.798. The van der Waals surface area contributed by atoms with E-state index in [-0.39, 0.29) is 5.75 Å². The lowest BCUT2D eigenvalue weighted by molar-refractivity contribution is -0.133. The molecule has 96 valence electrons. The van der Waals surface area contributed by atoms with Crippen molar-refractivity contribution in [3.05, 3.63) is 11.9 Å². The first kappa shape index (κ1) is 14.1. The van der Waals surface area contributed by atoms with Gasteiger partial charge in [-0.15, -0.1) is 0 Å². The monoisotopic (exact) mass is 256 g/mol. The molecule has 1 rings (SSSR count). The topological polar surface area (TPSA) is 55.1 Å². The number of carboxylic acid groups (broad SMARTS) is 1. The fraction of sp³-hybridized carbons (Fsp3) is 0.667. The Labute approximate surface area is 106 Å². The third kappa shape index (κ3) is 4.81. The van der Waals surface area contributed by atoms with Crippen LogP contribution in [-0.4, -0.2) is 26.4 Å². The van der Waals surface area contributed by atoms with Gasteiger partial charge in [0, 0.05) is 18.4 Å². The van der Waals surface area contributed by atoms with Crippen LogP contribution in [0.5, 0.6) is 0 Å². The van der Waals surface area contributed by atoms with E-state index in [1.165, 1.54) is 31.0 Å². The first-order chi connectivity index (χ1) is 8.15. The maximum atomic E-state index is 10.5. The molecule has 0 atom stereocenters. The normalized spacial score (nSPS) is 10.7. The lowest BCUT2D eigenvalue weighted by atomic mass is 10.2. The summed E-state index contributed by atoms with van der Waals surface area (Å²) in [5.41, 5.74) is 1.11. The highest BCUT2D eigenvalue weighted by atomic mass is 32.2. The predicted molar refractivity (Wildman–Crippen MR) is 69.5 cm³/mol. The van der Waals surface area contributed by atoms with Gasteiger partial charge in [0.1, 0.15) is 0 Å².